The fourth-order valence-corrected chi connectivity index (χ4v) is 2.69. The molecule has 18 heavy (non-hydrogen) atoms. The maximum atomic E-state index is 13.4. The molecule has 3 heteroatoms. The van der Waals surface area contributed by atoms with Crippen LogP contribution in [0.3, 0.4) is 0 Å². The lowest BCUT2D eigenvalue weighted by molar-refractivity contribution is 0.0994. The van der Waals surface area contributed by atoms with E-state index in [1.165, 1.54) is 12.1 Å². The van der Waals surface area contributed by atoms with Crippen LogP contribution in [-0.2, 0) is 6.42 Å². The number of ketones is 1. The second-order valence-electron chi connectivity index (χ2n) is 4.41. The Hall–Kier alpha value is -1.67. The van der Waals surface area contributed by atoms with E-state index >= 15 is 0 Å². The minimum Gasteiger partial charge on any atom is -0.294 e. The average Bonchev–Trinajstić information content (AvgIpc) is 2.70. The van der Waals surface area contributed by atoms with E-state index in [1.807, 2.05) is 18.2 Å². The first-order chi connectivity index (χ1) is 8.65. The lowest BCUT2D eigenvalue weighted by Gasteiger charge is -2.08. The topological polar surface area (TPSA) is 17.1 Å². The summed E-state index contributed by atoms with van der Waals surface area (Å²) in [5.74, 6) is -0.200. The van der Waals surface area contributed by atoms with E-state index < -0.39 is 0 Å². The zero-order valence-electron chi connectivity index (χ0n) is 9.54. The molecule has 90 valence electrons. The van der Waals surface area contributed by atoms with Gasteiger partial charge in [-0.15, -0.1) is 0 Å². The lowest BCUT2D eigenvalue weighted by Crippen LogP contribution is -1.92. The number of benzene rings is 2. The predicted molar refractivity (Wildman–Crippen MR) is 69.5 cm³/mol. The zero-order chi connectivity index (χ0) is 12.7. The van der Waals surface area contributed by atoms with E-state index in [4.69, 9.17) is 11.6 Å². The van der Waals surface area contributed by atoms with Gasteiger partial charge < -0.3 is 0 Å². The Morgan fingerprint density at radius 3 is 2.61 bits per heavy atom. The second-order valence-corrected chi connectivity index (χ2v) is 4.85. The van der Waals surface area contributed by atoms with Gasteiger partial charge >= 0.3 is 0 Å². The Kier molecular flexibility index (Phi) is 2.67. The van der Waals surface area contributed by atoms with E-state index in [9.17, 15) is 9.18 Å². The maximum absolute atomic E-state index is 13.4. The Bertz CT molecular complexity index is 629. The van der Waals surface area contributed by atoms with Gasteiger partial charge in [0, 0.05) is 17.0 Å². The molecular formula is C15H10ClFO. The molecule has 0 atom stereocenters. The van der Waals surface area contributed by atoms with Crippen molar-refractivity contribution >= 4 is 17.4 Å². The molecule has 3 rings (SSSR count). The van der Waals surface area contributed by atoms with Crippen molar-refractivity contribution in [1.82, 2.24) is 0 Å². The molecule has 0 saturated carbocycles. The Labute approximate surface area is 109 Å². The van der Waals surface area contributed by atoms with Crippen LogP contribution in [0, 0.1) is 5.82 Å². The molecular weight excluding hydrogens is 251 g/mol. The Balaban J connectivity index is 2.21. The first-order valence-corrected chi connectivity index (χ1v) is 6.14. The lowest BCUT2D eigenvalue weighted by atomic mass is 9.97. The summed E-state index contributed by atoms with van der Waals surface area (Å²) in [5.41, 5.74) is 3.39. The molecule has 0 amide bonds. The van der Waals surface area contributed by atoms with Crippen LogP contribution in [-0.4, -0.2) is 5.78 Å². The zero-order valence-corrected chi connectivity index (χ0v) is 10.3. The third kappa shape index (κ3) is 1.83. The molecule has 0 fully saturated rings. The van der Waals surface area contributed by atoms with Crippen molar-refractivity contribution < 1.29 is 9.18 Å². The second kappa shape index (κ2) is 4.21. The van der Waals surface area contributed by atoms with Gasteiger partial charge in [0.05, 0.1) is 0 Å². The summed E-state index contributed by atoms with van der Waals surface area (Å²) in [6.45, 7) is 0. The van der Waals surface area contributed by atoms with E-state index in [0.717, 1.165) is 28.7 Å². The Morgan fingerprint density at radius 1 is 1.06 bits per heavy atom. The number of hydrogen-bond donors (Lipinski definition) is 0. The van der Waals surface area contributed by atoms with Gasteiger partial charge in [-0.25, -0.2) is 4.39 Å². The number of halogens is 2. The highest BCUT2D eigenvalue weighted by molar-refractivity contribution is 6.30. The van der Waals surface area contributed by atoms with Gasteiger partial charge in [0.25, 0.3) is 0 Å². The quantitative estimate of drug-likeness (QED) is 0.748. The highest BCUT2D eigenvalue weighted by Crippen LogP contribution is 2.33. The third-order valence-corrected chi connectivity index (χ3v) is 3.47. The van der Waals surface area contributed by atoms with Gasteiger partial charge in [-0.1, -0.05) is 29.8 Å². The maximum Gasteiger partial charge on any atom is 0.163 e. The minimum atomic E-state index is -0.362. The van der Waals surface area contributed by atoms with Gasteiger partial charge in [-0.3, -0.25) is 4.79 Å². The standard InChI is InChI=1S/C15H10ClFO/c16-10-6-9(7-11(17)8-10)12-2-1-3-14-13(12)4-5-15(14)18/h1-3,6-8H,4-5H2. The molecule has 0 radical (unpaired) electrons. The molecule has 2 aromatic carbocycles. The minimum absolute atomic E-state index is 0.161. The molecule has 0 unspecified atom stereocenters. The molecule has 0 saturated heterocycles. The summed E-state index contributed by atoms with van der Waals surface area (Å²) < 4.78 is 13.4. The van der Waals surface area contributed by atoms with Crippen molar-refractivity contribution in [2.75, 3.05) is 0 Å². The van der Waals surface area contributed by atoms with E-state index in [1.54, 1.807) is 6.07 Å². The molecule has 0 bridgehead atoms. The molecule has 1 aliphatic rings. The van der Waals surface area contributed by atoms with E-state index in [2.05, 4.69) is 0 Å². The van der Waals surface area contributed by atoms with Crippen LogP contribution in [0.25, 0.3) is 11.1 Å². The fraction of sp³-hybridized carbons (Fsp3) is 0.133. The molecule has 0 N–H and O–H groups in total. The van der Waals surface area contributed by atoms with Crippen LogP contribution >= 0.6 is 11.6 Å². The van der Waals surface area contributed by atoms with Crippen molar-refractivity contribution in [2.45, 2.75) is 12.8 Å². The molecule has 0 aliphatic heterocycles. The smallest absolute Gasteiger partial charge is 0.163 e. The summed E-state index contributed by atoms with van der Waals surface area (Å²) in [7, 11) is 0. The van der Waals surface area contributed by atoms with Crippen LogP contribution in [0.4, 0.5) is 4.39 Å². The Morgan fingerprint density at radius 2 is 1.83 bits per heavy atom. The number of Topliss-reactive ketones (excluding diaryl/α,β-unsaturated/α-hetero) is 1. The van der Waals surface area contributed by atoms with Gasteiger partial charge in [-0.05, 0) is 41.3 Å². The molecule has 0 heterocycles. The van der Waals surface area contributed by atoms with Crippen molar-refractivity contribution in [3.63, 3.8) is 0 Å². The molecule has 1 nitrogen and oxygen atoms in total. The number of hydrogen-bond acceptors (Lipinski definition) is 1. The largest absolute Gasteiger partial charge is 0.294 e. The van der Waals surface area contributed by atoms with Crippen molar-refractivity contribution in [3.8, 4) is 11.1 Å². The summed E-state index contributed by atoms with van der Waals surface area (Å²) in [5, 5.41) is 0.368. The normalized spacial score (nSPS) is 13.8. The molecule has 0 aromatic heterocycles. The summed E-state index contributed by atoms with van der Waals surface area (Å²) in [4.78, 5) is 11.7. The van der Waals surface area contributed by atoms with Crippen molar-refractivity contribution in [3.05, 3.63) is 58.4 Å². The molecule has 0 spiro atoms. The van der Waals surface area contributed by atoms with Crippen molar-refractivity contribution in [1.29, 1.82) is 0 Å². The summed E-state index contributed by atoms with van der Waals surface area (Å²) in [6.07, 6.45) is 1.26. The van der Waals surface area contributed by atoms with E-state index in [-0.39, 0.29) is 11.6 Å². The van der Waals surface area contributed by atoms with Crippen LogP contribution < -0.4 is 0 Å². The van der Waals surface area contributed by atoms with Crippen LogP contribution in [0.2, 0.25) is 5.02 Å². The van der Waals surface area contributed by atoms with Crippen LogP contribution in [0.1, 0.15) is 22.3 Å². The highest BCUT2D eigenvalue weighted by atomic mass is 35.5. The third-order valence-electron chi connectivity index (χ3n) is 3.25. The highest BCUT2D eigenvalue weighted by Gasteiger charge is 2.22. The monoisotopic (exact) mass is 260 g/mol. The summed E-state index contributed by atoms with van der Waals surface area (Å²) in [6, 6.07) is 10.0. The number of carbonyl (C=O) groups excluding carboxylic acids is 1. The van der Waals surface area contributed by atoms with Crippen LogP contribution in [0.5, 0.6) is 0 Å². The number of fused-ring (bicyclic) bond motifs is 1. The first-order valence-electron chi connectivity index (χ1n) is 5.77. The summed E-state index contributed by atoms with van der Waals surface area (Å²) >= 11 is 5.87. The SMILES string of the molecule is O=C1CCc2c1cccc2-c1cc(F)cc(Cl)c1. The molecule has 1 aliphatic carbocycles. The fourth-order valence-electron chi connectivity index (χ4n) is 2.47. The van der Waals surface area contributed by atoms with Gasteiger partial charge in [0.2, 0.25) is 0 Å². The molecule has 2 aromatic rings. The number of carbonyl (C=O) groups is 1. The van der Waals surface area contributed by atoms with Crippen LogP contribution in [0.15, 0.2) is 36.4 Å². The van der Waals surface area contributed by atoms with Gasteiger partial charge in [0.15, 0.2) is 5.78 Å². The van der Waals surface area contributed by atoms with Gasteiger partial charge in [0.1, 0.15) is 5.82 Å². The van der Waals surface area contributed by atoms with Gasteiger partial charge in [-0.2, -0.15) is 0 Å². The van der Waals surface area contributed by atoms with E-state index in [0.29, 0.717) is 11.4 Å². The number of rotatable bonds is 1. The first kappa shape index (κ1) is 11.4. The predicted octanol–water partition coefficient (Wildman–Crippen LogP) is 4.28. The van der Waals surface area contributed by atoms with Crippen molar-refractivity contribution in [2.24, 2.45) is 0 Å². The average molecular weight is 261 g/mol.